The van der Waals surface area contributed by atoms with E-state index in [0.29, 0.717) is 0 Å². The minimum absolute atomic E-state index is 0.122. The summed E-state index contributed by atoms with van der Waals surface area (Å²) in [6, 6.07) is 8.11. The molecule has 112 valence electrons. The molecule has 2 aromatic rings. The summed E-state index contributed by atoms with van der Waals surface area (Å²) in [5, 5.41) is 11.4. The van der Waals surface area contributed by atoms with Crippen molar-refractivity contribution in [1.82, 2.24) is 4.98 Å². The molecule has 2 rings (SSSR count). The Labute approximate surface area is 133 Å². The van der Waals surface area contributed by atoms with Crippen molar-refractivity contribution >= 4 is 29.1 Å². The molecule has 0 saturated carbocycles. The van der Waals surface area contributed by atoms with E-state index in [1.165, 1.54) is 23.3 Å². The summed E-state index contributed by atoms with van der Waals surface area (Å²) in [5.41, 5.74) is 2.39. The smallest absolute Gasteiger partial charge is 0.355 e. The Morgan fingerprint density at radius 1 is 1.38 bits per heavy atom. The molecule has 0 atom stereocenters. The van der Waals surface area contributed by atoms with Gasteiger partial charge >= 0.3 is 5.97 Å². The normalized spacial score (nSPS) is 11.0. The number of carboxylic acid groups (broad SMARTS) is 1. The van der Waals surface area contributed by atoms with Crippen molar-refractivity contribution in [2.45, 2.75) is 26.0 Å². The van der Waals surface area contributed by atoms with E-state index in [-0.39, 0.29) is 5.69 Å². The summed E-state index contributed by atoms with van der Waals surface area (Å²) < 4.78 is 0. The number of carbonyl (C=O) groups is 1. The van der Waals surface area contributed by atoms with Crippen LogP contribution < -0.4 is 0 Å². The fourth-order valence-corrected chi connectivity index (χ4v) is 3.96. The topological polar surface area (TPSA) is 50.2 Å². The van der Waals surface area contributed by atoms with Gasteiger partial charge < -0.3 is 5.11 Å². The van der Waals surface area contributed by atoms with Crippen LogP contribution >= 0.6 is 23.1 Å². The van der Waals surface area contributed by atoms with Gasteiger partial charge in [0.25, 0.3) is 0 Å². The summed E-state index contributed by atoms with van der Waals surface area (Å²) in [5.74, 6) is 1.83. The number of thiazole rings is 1. The maximum atomic E-state index is 10.9. The average molecular weight is 321 g/mol. The molecule has 0 spiro atoms. The molecule has 5 heteroatoms. The van der Waals surface area contributed by atoms with Crippen molar-refractivity contribution in [3.8, 4) is 10.6 Å². The SMILES string of the molecule is CC(C)CCSCc1ccccc1-c1nc(C(=O)O)cs1. The van der Waals surface area contributed by atoms with E-state index >= 15 is 0 Å². The van der Waals surface area contributed by atoms with Gasteiger partial charge in [-0.05, 0) is 23.7 Å². The van der Waals surface area contributed by atoms with Crippen molar-refractivity contribution < 1.29 is 9.90 Å². The summed E-state index contributed by atoms with van der Waals surface area (Å²) in [4.78, 5) is 15.2. The van der Waals surface area contributed by atoms with E-state index in [1.54, 1.807) is 5.38 Å². The van der Waals surface area contributed by atoms with Gasteiger partial charge in [0.15, 0.2) is 5.69 Å². The maximum absolute atomic E-state index is 10.9. The second-order valence-electron chi connectivity index (χ2n) is 5.24. The lowest BCUT2D eigenvalue weighted by Gasteiger charge is -2.08. The number of aromatic nitrogens is 1. The van der Waals surface area contributed by atoms with E-state index in [9.17, 15) is 4.79 Å². The first-order valence-corrected chi connectivity index (χ1v) is 8.96. The number of carboxylic acids is 1. The molecule has 0 aliphatic heterocycles. The predicted molar refractivity (Wildman–Crippen MR) is 90.1 cm³/mol. The van der Waals surface area contributed by atoms with Gasteiger partial charge in [-0.2, -0.15) is 11.8 Å². The molecule has 21 heavy (non-hydrogen) atoms. The third-order valence-electron chi connectivity index (χ3n) is 3.07. The van der Waals surface area contributed by atoms with Crippen LogP contribution in [0.3, 0.4) is 0 Å². The number of hydrogen-bond donors (Lipinski definition) is 1. The number of thioether (sulfide) groups is 1. The van der Waals surface area contributed by atoms with E-state index in [4.69, 9.17) is 5.11 Å². The fourth-order valence-electron chi connectivity index (χ4n) is 1.85. The van der Waals surface area contributed by atoms with Gasteiger partial charge in [0.1, 0.15) is 5.01 Å². The highest BCUT2D eigenvalue weighted by Crippen LogP contribution is 2.29. The summed E-state index contributed by atoms with van der Waals surface area (Å²) >= 11 is 3.31. The molecule has 0 unspecified atom stereocenters. The summed E-state index contributed by atoms with van der Waals surface area (Å²) in [7, 11) is 0. The van der Waals surface area contributed by atoms with E-state index in [0.717, 1.165) is 28.0 Å². The van der Waals surface area contributed by atoms with Crippen molar-refractivity contribution in [3.63, 3.8) is 0 Å². The lowest BCUT2D eigenvalue weighted by atomic mass is 10.1. The Bertz CT molecular complexity index is 608. The monoisotopic (exact) mass is 321 g/mol. The zero-order chi connectivity index (χ0) is 15.2. The molecule has 1 heterocycles. The number of benzene rings is 1. The molecule has 1 aromatic heterocycles. The minimum atomic E-state index is -0.971. The number of nitrogens with zero attached hydrogens (tertiary/aromatic N) is 1. The van der Waals surface area contributed by atoms with E-state index < -0.39 is 5.97 Å². The number of hydrogen-bond acceptors (Lipinski definition) is 4. The first kappa shape index (κ1) is 16.0. The standard InChI is InChI=1S/C16H19NO2S2/c1-11(2)7-8-20-9-12-5-3-4-6-13(12)15-17-14(10-21-15)16(18)19/h3-6,10-11H,7-9H2,1-2H3,(H,18,19). The molecule has 3 nitrogen and oxygen atoms in total. The van der Waals surface area contributed by atoms with Crippen LogP contribution in [0.25, 0.3) is 10.6 Å². The first-order valence-electron chi connectivity index (χ1n) is 6.92. The quantitative estimate of drug-likeness (QED) is 0.745. The molecule has 0 aliphatic carbocycles. The zero-order valence-electron chi connectivity index (χ0n) is 12.2. The summed E-state index contributed by atoms with van der Waals surface area (Å²) in [6.45, 7) is 4.47. The second-order valence-corrected chi connectivity index (χ2v) is 7.20. The number of rotatable bonds is 7. The largest absolute Gasteiger partial charge is 0.476 e. The lowest BCUT2D eigenvalue weighted by molar-refractivity contribution is 0.0691. The van der Waals surface area contributed by atoms with Gasteiger partial charge in [0.2, 0.25) is 0 Å². The number of aromatic carboxylic acids is 1. The average Bonchev–Trinajstić information content (AvgIpc) is 2.93. The van der Waals surface area contributed by atoms with Crippen LogP contribution in [0.15, 0.2) is 29.6 Å². The molecule has 1 N–H and O–H groups in total. The molecule has 0 aliphatic rings. The van der Waals surface area contributed by atoms with Gasteiger partial charge in [-0.15, -0.1) is 11.3 Å². The highest BCUT2D eigenvalue weighted by molar-refractivity contribution is 7.98. The first-order chi connectivity index (χ1) is 10.1. The minimum Gasteiger partial charge on any atom is -0.476 e. The van der Waals surface area contributed by atoms with Crippen LogP contribution in [-0.2, 0) is 5.75 Å². The zero-order valence-corrected chi connectivity index (χ0v) is 13.8. The molecular weight excluding hydrogens is 302 g/mol. The fraction of sp³-hybridized carbons (Fsp3) is 0.375. The highest BCUT2D eigenvalue weighted by Gasteiger charge is 2.12. The third kappa shape index (κ3) is 4.58. The molecule has 0 fully saturated rings. The Balaban J connectivity index is 2.10. The Morgan fingerprint density at radius 3 is 2.81 bits per heavy atom. The van der Waals surface area contributed by atoms with Crippen molar-refractivity contribution in [2.75, 3.05) is 5.75 Å². The van der Waals surface area contributed by atoms with Gasteiger partial charge in [-0.1, -0.05) is 38.1 Å². The predicted octanol–water partition coefficient (Wildman–Crippen LogP) is 4.79. The second kappa shape index (κ2) is 7.61. The third-order valence-corrected chi connectivity index (χ3v) is 4.98. The van der Waals surface area contributed by atoms with Crippen LogP contribution in [0.2, 0.25) is 0 Å². The molecule has 1 aromatic carbocycles. The van der Waals surface area contributed by atoms with Crippen LogP contribution in [0, 0.1) is 5.92 Å². The van der Waals surface area contributed by atoms with Crippen molar-refractivity contribution in [3.05, 3.63) is 40.9 Å². The summed E-state index contributed by atoms with van der Waals surface area (Å²) in [6.07, 6.45) is 1.22. The molecular formula is C16H19NO2S2. The Morgan fingerprint density at radius 2 is 2.14 bits per heavy atom. The van der Waals surface area contributed by atoms with Crippen LogP contribution in [0.1, 0.15) is 36.3 Å². The van der Waals surface area contributed by atoms with Crippen LogP contribution in [-0.4, -0.2) is 21.8 Å². The van der Waals surface area contributed by atoms with E-state index in [2.05, 4.69) is 24.9 Å². The molecule has 0 bridgehead atoms. The molecule has 0 radical (unpaired) electrons. The van der Waals surface area contributed by atoms with Gasteiger partial charge in [0.05, 0.1) is 0 Å². The maximum Gasteiger partial charge on any atom is 0.355 e. The van der Waals surface area contributed by atoms with Gasteiger partial charge in [0, 0.05) is 16.7 Å². The molecule has 0 amide bonds. The van der Waals surface area contributed by atoms with Gasteiger partial charge in [-0.3, -0.25) is 0 Å². The van der Waals surface area contributed by atoms with E-state index in [1.807, 2.05) is 30.0 Å². The highest BCUT2D eigenvalue weighted by atomic mass is 32.2. The van der Waals surface area contributed by atoms with Crippen molar-refractivity contribution in [2.24, 2.45) is 5.92 Å². The lowest BCUT2D eigenvalue weighted by Crippen LogP contribution is -1.96. The Kier molecular flexibility index (Phi) is 5.82. The van der Waals surface area contributed by atoms with Crippen molar-refractivity contribution in [1.29, 1.82) is 0 Å². The Hall–Kier alpha value is -1.33. The van der Waals surface area contributed by atoms with Gasteiger partial charge in [-0.25, -0.2) is 9.78 Å². The molecule has 0 saturated heterocycles. The van der Waals surface area contributed by atoms with Crippen LogP contribution in [0.4, 0.5) is 0 Å². The van der Waals surface area contributed by atoms with Crippen LogP contribution in [0.5, 0.6) is 0 Å².